The van der Waals surface area contributed by atoms with Crippen LogP contribution in [0.4, 0.5) is 4.39 Å². The molecule has 0 spiro atoms. The molecule has 1 atom stereocenters. The van der Waals surface area contributed by atoms with Gasteiger partial charge in [0.2, 0.25) is 0 Å². The molecule has 0 saturated heterocycles. The van der Waals surface area contributed by atoms with Crippen molar-refractivity contribution in [3.63, 3.8) is 0 Å². The summed E-state index contributed by atoms with van der Waals surface area (Å²) in [5, 5.41) is 0.205. The van der Waals surface area contributed by atoms with Gasteiger partial charge < -0.3 is 0 Å². The molecule has 108 valence electrons. The number of fused-ring (bicyclic) bond motifs is 1. The minimum absolute atomic E-state index is 0.350. The zero-order valence-electron chi connectivity index (χ0n) is 10.9. The summed E-state index contributed by atoms with van der Waals surface area (Å²) in [6.45, 7) is 1.80. The van der Waals surface area contributed by atoms with Crippen LogP contribution in [0.2, 0.25) is 5.02 Å². The lowest BCUT2D eigenvalue weighted by atomic mass is 10.2. The summed E-state index contributed by atoms with van der Waals surface area (Å²) >= 11 is 15.6. The molecule has 0 saturated carbocycles. The van der Waals surface area contributed by atoms with E-state index in [-0.39, 0.29) is 11.2 Å². The van der Waals surface area contributed by atoms with Gasteiger partial charge in [-0.25, -0.2) is 9.37 Å². The average Bonchev–Trinajstić information content (AvgIpc) is 2.77. The Bertz CT molecular complexity index is 810. The molecule has 21 heavy (non-hydrogen) atoms. The molecule has 1 aromatic heterocycles. The fraction of sp³-hybridized carbons (Fsp3) is 0.133. The molecule has 1 unspecified atom stereocenters. The van der Waals surface area contributed by atoms with E-state index in [1.165, 1.54) is 6.07 Å². The van der Waals surface area contributed by atoms with Gasteiger partial charge in [0.15, 0.2) is 0 Å². The Morgan fingerprint density at radius 2 is 2.05 bits per heavy atom. The standard InChI is InChI=1S/C15H10BrCl2FN2/c1-8(17)15-20-12-7-9(18)5-6-13(12)21(15)14-10(16)3-2-4-11(14)19/h2-8H,1H3. The van der Waals surface area contributed by atoms with Crippen LogP contribution in [0.3, 0.4) is 0 Å². The van der Waals surface area contributed by atoms with Gasteiger partial charge in [0.1, 0.15) is 11.6 Å². The van der Waals surface area contributed by atoms with E-state index < -0.39 is 0 Å². The largest absolute Gasteiger partial charge is 0.291 e. The van der Waals surface area contributed by atoms with Gasteiger partial charge in [0, 0.05) is 9.50 Å². The third-order valence-corrected chi connectivity index (χ3v) is 4.23. The molecule has 0 aliphatic heterocycles. The fourth-order valence-corrected chi connectivity index (χ4v) is 3.11. The molecule has 0 radical (unpaired) electrons. The predicted octanol–water partition coefficient (Wildman–Crippen LogP) is 5.88. The zero-order valence-corrected chi connectivity index (χ0v) is 14.0. The summed E-state index contributed by atoms with van der Waals surface area (Å²) in [6.07, 6.45) is 0. The van der Waals surface area contributed by atoms with Crippen LogP contribution in [0.5, 0.6) is 0 Å². The van der Waals surface area contributed by atoms with Gasteiger partial charge >= 0.3 is 0 Å². The summed E-state index contributed by atoms with van der Waals surface area (Å²) in [5.74, 6) is 0.219. The summed E-state index contributed by atoms with van der Waals surface area (Å²) in [7, 11) is 0. The molecule has 6 heteroatoms. The molecule has 1 heterocycles. The maximum atomic E-state index is 14.3. The molecule has 0 bridgehead atoms. The normalized spacial score (nSPS) is 12.8. The first kappa shape index (κ1) is 14.8. The van der Waals surface area contributed by atoms with E-state index in [0.29, 0.717) is 26.5 Å². The summed E-state index contributed by atoms with van der Waals surface area (Å²) < 4.78 is 16.7. The van der Waals surface area contributed by atoms with Crippen molar-refractivity contribution in [3.8, 4) is 5.69 Å². The van der Waals surface area contributed by atoms with E-state index >= 15 is 0 Å². The maximum absolute atomic E-state index is 14.3. The summed E-state index contributed by atoms with van der Waals surface area (Å²) in [5.41, 5.74) is 1.83. The van der Waals surface area contributed by atoms with Crippen molar-refractivity contribution in [1.82, 2.24) is 9.55 Å². The highest BCUT2D eigenvalue weighted by Crippen LogP contribution is 2.33. The van der Waals surface area contributed by atoms with E-state index in [4.69, 9.17) is 23.2 Å². The molecule has 0 fully saturated rings. The number of hydrogen-bond acceptors (Lipinski definition) is 1. The van der Waals surface area contributed by atoms with Crippen molar-refractivity contribution >= 4 is 50.2 Å². The lowest BCUT2D eigenvalue weighted by Gasteiger charge is -2.13. The second-order valence-electron chi connectivity index (χ2n) is 4.62. The molecule has 2 nitrogen and oxygen atoms in total. The van der Waals surface area contributed by atoms with Crippen molar-refractivity contribution < 1.29 is 4.39 Å². The van der Waals surface area contributed by atoms with Crippen molar-refractivity contribution in [2.45, 2.75) is 12.3 Å². The van der Waals surface area contributed by atoms with Gasteiger partial charge in [-0.2, -0.15) is 0 Å². The molecule has 2 aromatic carbocycles. The van der Waals surface area contributed by atoms with E-state index in [0.717, 1.165) is 5.52 Å². The number of imidazole rings is 1. The van der Waals surface area contributed by atoms with E-state index in [9.17, 15) is 4.39 Å². The van der Waals surface area contributed by atoms with Crippen molar-refractivity contribution in [1.29, 1.82) is 0 Å². The van der Waals surface area contributed by atoms with E-state index in [2.05, 4.69) is 20.9 Å². The van der Waals surface area contributed by atoms with Gasteiger partial charge in [-0.15, -0.1) is 11.6 Å². The Kier molecular flexibility index (Phi) is 3.95. The van der Waals surface area contributed by atoms with Gasteiger partial charge in [-0.1, -0.05) is 17.7 Å². The summed E-state index contributed by atoms with van der Waals surface area (Å²) in [4.78, 5) is 4.49. The van der Waals surface area contributed by atoms with E-state index in [1.54, 1.807) is 35.8 Å². The highest BCUT2D eigenvalue weighted by atomic mass is 79.9. The quantitative estimate of drug-likeness (QED) is 0.502. The van der Waals surface area contributed by atoms with Crippen LogP contribution in [0.25, 0.3) is 16.7 Å². The smallest absolute Gasteiger partial charge is 0.148 e. The van der Waals surface area contributed by atoms with Crippen LogP contribution in [0.1, 0.15) is 18.1 Å². The van der Waals surface area contributed by atoms with Gasteiger partial charge in [0.25, 0.3) is 0 Å². The van der Waals surface area contributed by atoms with Crippen molar-refractivity contribution in [2.75, 3.05) is 0 Å². The molecule has 0 aliphatic rings. The Hall–Kier alpha value is -1.10. The number of aromatic nitrogens is 2. The first-order valence-electron chi connectivity index (χ1n) is 6.25. The maximum Gasteiger partial charge on any atom is 0.148 e. The van der Waals surface area contributed by atoms with Crippen LogP contribution in [-0.4, -0.2) is 9.55 Å². The summed E-state index contributed by atoms with van der Waals surface area (Å²) in [6, 6.07) is 10.1. The lowest BCUT2D eigenvalue weighted by molar-refractivity contribution is 0.615. The van der Waals surface area contributed by atoms with Gasteiger partial charge in [-0.05, 0) is 53.2 Å². The third kappa shape index (κ3) is 2.56. The molecular weight excluding hydrogens is 378 g/mol. The highest BCUT2D eigenvalue weighted by Gasteiger charge is 2.20. The molecule has 3 rings (SSSR count). The zero-order chi connectivity index (χ0) is 15.1. The number of hydrogen-bond donors (Lipinski definition) is 0. The van der Waals surface area contributed by atoms with Crippen molar-refractivity contribution in [2.24, 2.45) is 0 Å². The van der Waals surface area contributed by atoms with Gasteiger partial charge in [0.05, 0.1) is 22.1 Å². The van der Waals surface area contributed by atoms with Crippen LogP contribution in [0, 0.1) is 5.82 Å². The van der Waals surface area contributed by atoms with Crippen LogP contribution >= 0.6 is 39.1 Å². The average molecular weight is 388 g/mol. The molecular formula is C15H10BrCl2FN2. The topological polar surface area (TPSA) is 17.8 Å². The number of para-hydroxylation sites is 1. The Morgan fingerprint density at radius 1 is 1.29 bits per heavy atom. The Labute approximate surface area is 139 Å². The number of benzene rings is 2. The second-order valence-corrected chi connectivity index (χ2v) is 6.57. The highest BCUT2D eigenvalue weighted by molar-refractivity contribution is 9.10. The van der Waals surface area contributed by atoms with Crippen LogP contribution < -0.4 is 0 Å². The minimum Gasteiger partial charge on any atom is -0.291 e. The molecule has 0 N–H and O–H groups in total. The monoisotopic (exact) mass is 386 g/mol. The molecule has 3 aromatic rings. The third-order valence-electron chi connectivity index (χ3n) is 3.16. The SMILES string of the molecule is CC(Cl)c1nc2cc(Cl)ccc2n1-c1c(F)cccc1Br. The number of rotatable bonds is 2. The first-order chi connectivity index (χ1) is 9.99. The fourth-order valence-electron chi connectivity index (χ4n) is 2.28. The predicted molar refractivity (Wildman–Crippen MR) is 88.0 cm³/mol. The first-order valence-corrected chi connectivity index (χ1v) is 7.86. The number of halogens is 4. The Morgan fingerprint density at radius 3 is 2.71 bits per heavy atom. The second kappa shape index (κ2) is 5.59. The van der Waals surface area contributed by atoms with Crippen LogP contribution in [-0.2, 0) is 0 Å². The minimum atomic E-state index is -0.373. The Balaban J connectivity index is 2.42. The van der Waals surface area contributed by atoms with Gasteiger partial charge in [-0.3, -0.25) is 4.57 Å². The number of nitrogens with zero attached hydrogens (tertiary/aromatic N) is 2. The lowest BCUT2D eigenvalue weighted by Crippen LogP contribution is -2.05. The molecule has 0 amide bonds. The molecule has 0 aliphatic carbocycles. The van der Waals surface area contributed by atoms with Crippen LogP contribution in [0.15, 0.2) is 40.9 Å². The van der Waals surface area contributed by atoms with E-state index in [1.807, 2.05) is 6.07 Å². The number of alkyl halides is 1. The van der Waals surface area contributed by atoms with Crippen molar-refractivity contribution in [3.05, 3.63) is 57.5 Å².